The normalized spacial score (nSPS) is 15.9. The molecule has 2 heterocycles. The first-order chi connectivity index (χ1) is 11.6. The van der Waals surface area contributed by atoms with Crippen molar-refractivity contribution >= 4 is 27.5 Å². The molecule has 6 nitrogen and oxygen atoms in total. The number of benzene rings is 1. The summed E-state index contributed by atoms with van der Waals surface area (Å²) in [5.74, 6) is -0.204. The van der Waals surface area contributed by atoms with E-state index in [0.717, 1.165) is 10.2 Å². The van der Waals surface area contributed by atoms with Gasteiger partial charge in [-0.1, -0.05) is 15.9 Å². The second-order valence-electron chi connectivity index (χ2n) is 5.25. The van der Waals surface area contributed by atoms with Crippen LogP contribution in [0.1, 0.15) is 5.56 Å². The van der Waals surface area contributed by atoms with Gasteiger partial charge in [0.15, 0.2) is 0 Å². The van der Waals surface area contributed by atoms with Crippen LogP contribution in [0.2, 0.25) is 0 Å². The van der Waals surface area contributed by atoms with Gasteiger partial charge in [0.25, 0.3) is 5.91 Å². The lowest BCUT2D eigenvalue weighted by Crippen LogP contribution is -2.36. The van der Waals surface area contributed by atoms with E-state index < -0.39 is 0 Å². The van der Waals surface area contributed by atoms with E-state index in [1.54, 1.807) is 42.6 Å². The molecular formula is C17H15BrN4O2. The van der Waals surface area contributed by atoms with E-state index in [0.29, 0.717) is 23.4 Å². The number of anilines is 1. The van der Waals surface area contributed by atoms with Gasteiger partial charge in [0.1, 0.15) is 0 Å². The SMILES string of the molecule is N#Cc1ccc(N(CCO)C(=O)C2=CC3=C(Br)CNN3C=C2)cc1. The highest BCUT2D eigenvalue weighted by Crippen LogP contribution is 2.28. The maximum atomic E-state index is 12.9. The van der Waals surface area contributed by atoms with E-state index in [1.807, 2.05) is 11.1 Å². The van der Waals surface area contributed by atoms with Crippen molar-refractivity contribution in [3.8, 4) is 6.07 Å². The standard InChI is InChI=1S/C17H15BrN4O2/c18-15-11-20-22-6-5-13(9-16(15)22)17(24)21(7-8-23)14-3-1-12(10-19)2-4-14/h1-6,9,20,23H,7-8,11H2. The molecule has 3 rings (SSSR count). The highest BCUT2D eigenvalue weighted by atomic mass is 79.9. The smallest absolute Gasteiger partial charge is 0.258 e. The van der Waals surface area contributed by atoms with Crippen LogP contribution in [0.25, 0.3) is 0 Å². The topological polar surface area (TPSA) is 79.6 Å². The van der Waals surface area contributed by atoms with Crippen LogP contribution in [-0.4, -0.2) is 35.7 Å². The predicted octanol–water partition coefficient (Wildman–Crippen LogP) is 1.76. The van der Waals surface area contributed by atoms with Crippen molar-refractivity contribution in [1.29, 1.82) is 5.26 Å². The van der Waals surface area contributed by atoms with Crippen LogP contribution in [0.3, 0.4) is 0 Å². The van der Waals surface area contributed by atoms with Crippen molar-refractivity contribution in [3.05, 3.63) is 63.9 Å². The molecule has 1 aromatic rings. The van der Waals surface area contributed by atoms with Crippen LogP contribution in [-0.2, 0) is 4.79 Å². The molecule has 7 heteroatoms. The second kappa shape index (κ2) is 7.01. The Labute approximate surface area is 148 Å². The zero-order valence-electron chi connectivity index (χ0n) is 12.7. The third-order valence-corrected chi connectivity index (χ3v) is 4.45. The van der Waals surface area contributed by atoms with Crippen LogP contribution in [0.5, 0.6) is 0 Å². The molecule has 0 unspecified atom stereocenters. The van der Waals surface area contributed by atoms with E-state index in [4.69, 9.17) is 5.26 Å². The lowest BCUT2D eigenvalue weighted by atomic mass is 10.1. The highest BCUT2D eigenvalue weighted by Gasteiger charge is 2.25. The fourth-order valence-corrected chi connectivity index (χ4v) is 2.98. The first-order valence-corrected chi connectivity index (χ1v) is 8.17. The molecule has 2 aliphatic heterocycles. The van der Waals surface area contributed by atoms with Gasteiger partial charge in [0, 0.05) is 35.0 Å². The summed E-state index contributed by atoms with van der Waals surface area (Å²) in [4.78, 5) is 14.4. The number of carbonyl (C=O) groups excluding carboxylic acids is 1. The third kappa shape index (κ3) is 3.12. The Hall–Kier alpha value is -2.40. The largest absolute Gasteiger partial charge is 0.395 e. The van der Waals surface area contributed by atoms with Gasteiger partial charge in [-0.15, -0.1) is 0 Å². The van der Waals surface area contributed by atoms with Crippen LogP contribution >= 0.6 is 15.9 Å². The number of nitriles is 1. The number of rotatable bonds is 4. The molecule has 122 valence electrons. The lowest BCUT2D eigenvalue weighted by Gasteiger charge is -2.25. The number of hydrazine groups is 1. The van der Waals surface area contributed by atoms with Crippen molar-refractivity contribution < 1.29 is 9.90 Å². The van der Waals surface area contributed by atoms with Crippen LogP contribution in [0.4, 0.5) is 5.69 Å². The number of nitrogens with zero attached hydrogens (tertiary/aromatic N) is 3. The molecule has 0 fully saturated rings. The number of hydrogen-bond donors (Lipinski definition) is 2. The van der Waals surface area contributed by atoms with Crippen LogP contribution < -0.4 is 10.3 Å². The van der Waals surface area contributed by atoms with Gasteiger partial charge in [0.05, 0.1) is 23.9 Å². The summed E-state index contributed by atoms with van der Waals surface area (Å²) in [6.07, 6.45) is 5.34. The molecule has 0 aliphatic carbocycles. The number of fused-ring (bicyclic) bond motifs is 1. The van der Waals surface area contributed by atoms with Crippen LogP contribution in [0.15, 0.2) is 58.4 Å². The second-order valence-corrected chi connectivity index (χ2v) is 6.21. The van der Waals surface area contributed by atoms with Gasteiger partial charge >= 0.3 is 0 Å². The zero-order valence-corrected chi connectivity index (χ0v) is 14.3. The fraction of sp³-hybridized carbons (Fsp3) is 0.176. The van der Waals surface area contributed by atoms with Crippen molar-refractivity contribution in [2.24, 2.45) is 0 Å². The van der Waals surface area contributed by atoms with Gasteiger partial charge in [0.2, 0.25) is 0 Å². The van der Waals surface area contributed by atoms with Gasteiger partial charge in [-0.25, -0.2) is 5.43 Å². The number of allylic oxidation sites excluding steroid dienone is 1. The molecule has 1 aromatic carbocycles. The van der Waals surface area contributed by atoms with E-state index >= 15 is 0 Å². The summed E-state index contributed by atoms with van der Waals surface area (Å²) in [5, 5.41) is 20.1. The molecular weight excluding hydrogens is 372 g/mol. The number of aliphatic hydroxyl groups is 1. The lowest BCUT2D eigenvalue weighted by molar-refractivity contribution is -0.115. The number of carbonyl (C=O) groups is 1. The Balaban J connectivity index is 1.90. The average Bonchev–Trinajstić information content (AvgIpc) is 3.00. The van der Waals surface area contributed by atoms with Crippen molar-refractivity contribution in [2.75, 3.05) is 24.6 Å². The fourth-order valence-electron chi connectivity index (χ4n) is 2.54. The summed E-state index contributed by atoms with van der Waals surface area (Å²) in [6.45, 7) is 0.703. The molecule has 0 saturated carbocycles. The Kier molecular flexibility index (Phi) is 4.81. The van der Waals surface area contributed by atoms with Crippen molar-refractivity contribution in [3.63, 3.8) is 0 Å². The molecule has 0 bridgehead atoms. The molecule has 0 aromatic heterocycles. The maximum absolute atomic E-state index is 12.9. The minimum absolute atomic E-state index is 0.150. The Bertz CT molecular complexity index is 790. The number of hydrogen-bond acceptors (Lipinski definition) is 5. The molecule has 0 atom stereocenters. The van der Waals surface area contributed by atoms with Crippen LogP contribution in [0, 0.1) is 11.3 Å². The predicted molar refractivity (Wildman–Crippen MR) is 93.6 cm³/mol. The van der Waals surface area contributed by atoms with E-state index in [-0.39, 0.29) is 19.1 Å². The zero-order chi connectivity index (χ0) is 17.1. The van der Waals surface area contributed by atoms with Gasteiger partial charge in [-0.05, 0) is 36.4 Å². The highest BCUT2D eigenvalue weighted by molar-refractivity contribution is 9.11. The number of aliphatic hydroxyl groups excluding tert-OH is 1. The van der Waals surface area contributed by atoms with E-state index in [1.165, 1.54) is 4.90 Å². The quantitative estimate of drug-likeness (QED) is 0.823. The first kappa shape index (κ1) is 16.5. The van der Waals surface area contributed by atoms with Gasteiger partial charge in [-0.2, -0.15) is 5.26 Å². The molecule has 0 saturated heterocycles. The Morgan fingerprint density at radius 1 is 1.42 bits per heavy atom. The van der Waals surface area contributed by atoms with E-state index in [9.17, 15) is 9.90 Å². The van der Waals surface area contributed by atoms with E-state index in [2.05, 4.69) is 21.4 Å². The Morgan fingerprint density at radius 3 is 2.83 bits per heavy atom. The summed E-state index contributed by atoms with van der Waals surface area (Å²) < 4.78 is 0.976. The summed E-state index contributed by atoms with van der Waals surface area (Å²) in [6, 6.07) is 8.77. The minimum atomic E-state index is -0.204. The summed E-state index contributed by atoms with van der Waals surface area (Å²) in [7, 11) is 0. The molecule has 24 heavy (non-hydrogen) atoms. The number of amides is 1. The minimum Gasteiger partial charge on any atom is -0.395 e. The summed E-state index contributed by atoms with van der Waals surface area (Å²) in [5.41, 5.74) is 5.74. The van der Waals surface area contributed by atoms with Gasteiger partial charge in [-0.3, -0.25) is 9.80 Å². The molecule has 2 aliphatic rings. The average molecular weight is 387 g/mol. The summed E-state index contributed by atoms with van der Waals surface area (Å²) >= 11 is 3.49. The number of halogens is 1. The monoisotopic (exact) mass is 386 g/mol. The first-order valence-electron chi connectivity index (χ1n) is 7.38. The van der Waals surface area contributed by atoms with Gasteiger partial charge < -0.3 is 10.0 Å². The Morgan fingerprint density at radius 2 is 2.17 bits per heavy atom. The van der Waals surface area contributed by atoms with Crippen molar-refractivity contribution in [1.82, 2.24) is 10.4 Å². The van der Waals surface area contributed by atoms with Crippen molar-refractivity contribution in [2.45, 2.75) is 0 Å². The third-order valence-electron chi connectivity index (χ3n) is 3.76. The molecule has 2 N–H and O–H groups in total. The molecule has 0 radical (unpaired) electrons. The molecule has 1 amide bonds. The number of nitrogens with one attached hydrogen (secondary N) is 1. The maximum Gasteiger partial charge on any atom is 0.258 e. The molecule has 0 spiro atoms.